The third-order valence-electron chi connectivity index (χ3n) is 2.23. The molecule has 0 aliphatic heterocycles. The molecule has 0 fully saturated rings. The molecule has 0 heterocycles. The lowest BCUT2D eigenvalue weighted by Gasteiger charge is -2.18. The molecule has 0 saturated heterocycles. The Labute approximate surface area is 110 Å². The molecule has 0 radical (unpaired) electrons. The molecule has 0 aromatic heterocycles. The van der Waals surface area contributed by atoms with Crippen molar-refractivity contribution in [3.63, 3.8) is 0 Å². The molecule has 3 heteroatoms. The highest BCUT2D eigenvalue weighted by Crippen LogP contribution is 2.27. The van der Waals surface area contributed by atoms with Crippen LogP contribution in [-0.4, -0.2) is 7.05 Å². The Morgan fingerprint density at radius 1 is 1.60 bits per heavy atom. The quantitative estimate of drug-likeness (QED) is 0.643. The highest BCUT2D eigenvalue weighted by atomic mass is 127. The van der Waals surface area contributed by atoms with Crippen LogP contribution in [0.15, 0.2) is 30.4 Å². The van der Waals surface area contributed by atoms with E-state index in [0.717, 1.165) is 11.4 Å². The van der Waals surface area contributed by atoms with E-state index >= 15 is 0 Å². The molecule has 0 saturated carbocycles. The summed E-state index contributed by atoms with van der Waals surface area (Å²) in [4.78, 5) is 0. The summed E-state index contributed by atoms with van der Waals surface area (Å²) in [7, 11) is 1.96. The standard InChI is InChI=1S/C12H15ClIN/c1-8(2)6-12(15-3)10-7-9(13)4-5-11(10)14/h4-5,7,12,15H,1,6H2,2-3H3. The summed E-state index contributed by atoms with van der Waals surface area (Å²) in [6, 6.07) is 6.28. The van der Waals surface area contributed by atoms with Crippen molar-refractivity contribution < 1.29 is 0 Å². The fourth-order valence-corrected chi connectivity index (χ4v) is 2.39. The minimum absolute atomic E-state index is 0.299. The lowest BCUT2D eigenvalue weighted by Crippen LogP contribution is -2.17. The van der Waals surface area contributed by atoms with Gasteiger partial charge >= 0.3 is 0 Å². The van der Waals surface area contributed by atoms with Gasteiger partial charge in [0.25, 0.3) is 0 Å². The molecule has 82 valence electrons. The average molecular weight is 336 g/mol. The van der Waals surface area contributed by atoms with E-state index in [9.17, 15) is 0 Å². The van der Waals surface area contributed by atoms with Crippen LogP contribution in [0, 0.1) is 3.57 Å². The van der Waals surface area contributed by atoms with Gasteiger partial charge in [0.15, 0.2) is 0 Å². The Balaban J connectivity index is 3.00. The van der Waals surface area contributed by atoms with Crippen molar-refractivity contribution in [3.05, 3.63) is 44.5 Å². The van der Waals surface area contributed by atoms with Crippen LogP contribution in [0.4, 0.5) is 0 Å². The maximum absolute atomic E-state index is 6.00. The molecule has 0 spiro atoms. The first kappa shape index (κ1) is 13.0. The predicted molar refractivity (Wildman–Crippen MR) is 75.4 cm³/mol. The van der Waals surface area contributed by atoms with Crippen molar-refractivity contribution in [3.8, 4) is 0 Å². The van der Waals surface area contributed by atoms with Crippen molar-refractivity contribution in [2.45, 2.75) is 19.4 Å². The fourth-order valence-electron chi connectivity index (χ4n) is 1.50. The maximum atomic E-state index is 6.00. The van der Waals surface area contributed by atoms with Gasteiger partial charge in [-0.1, -0.05) is 17.2 Å². The molecule has 0 aliphatic rings. The largest absolute Gasteiger partial charge is 0.313 e. The summed E-state index contributed by atoms with van der Waals surface area (Å²) in [5, 5.41) is 4.08. The van der Waals surface area contributed by atoms with Crippen LogP contribution in [0.5, 0.6) is 0 Å². The second kappa shape index (κ2) is 5.87. The smallest absolute Gasteiger partial charge is 0.0410 e. The van der Waals surface area contributed by atoms with Gasteiger partial charge in [0.2, 0.25) is 0 Å². The monoisotopic (exact) mass is 335 g/mol. The van der Waals surface area contributed by atoms with E-state index in [0.29, 0.717) is 6.04 Å². The first-order valence-electron chi connectivity index (χ1n) is 4.81. The van der Waals surface area contributed by atoms with Crippen molar-refractivity contribution in [1.82, 2.24) is 5.32 Å². The van der Waals surface area contributed by atoms with Gasteiger partial charge in [-0.05, 0) is 66.7 Å². The van der Waals surface area contributed by atoms with Crippen LogP contribution in [0.3, 0.4) is 0 Å². The maximum Gasteiger partial charge on any atom is 0.0410 e. The molecular formula is C12H15ClIN. The van der Waals surface area contributed by atoms with Crippen molar-refractivity contribution >= 4 is 34.2 Å². The van der Waals surface area contributed by atoms with E-state index < -0.39 is 0 Å². The van der Waals surface area contributed by atoms with Crippen LogP contribution >= 0.6 is 34.2 Å². The molecule has 15 heavy (non-hydrogen) atoms. The third-order valence-corrected chi connectivity index (χ3v) is 3.45. The zero-order valence-electron chi connectivity index (χ0n) is 8.98. The summed E-state index contributed by atoms with van der Waals surface area (Å²) >= 11 is 8.33. The van der Waals surface area contributed by atoms with E-state index in [1.54, 1.807) is 0 Å². The van der Waals surface area contributed by atoms with Crippen LogP contribution in [0.25, 0.3) is 0 Å². The summed E-state index contributed by atoms with van der Waals surface area (Å²) in [5.41, 5.74) is 2.42. The first-order chi connectivity index (χ1) is 7.04. The fraction of sp³-hybridized carbons (Fsp3) is 0.333. The second-order valence-corrected chi connectivity index (χ2v) is 5.27. The van der Waals surface area contributed by atoms with Gasteiger partial charge in [0.1, 0.15) is 0 Å². The van der Waals surface area contributed by atoms with E-state index in [1.807, 2.05) is 32.2 Å². The molecule has 1 unspecified atom stereocenters. The lowest BCUT2D eigenvalue weighted by molar-refractivity contribution is 0.587. The predicted octanol–water partition coefficient (Wildman–Crippen LogP) is 4.17. The summed E-state index contributed by atoms with van der Waals surface area (Å²) < 4.78 is 1.23. The molecule has 1 rings (SSSR count). The number of nitrogens with one attached hydrogen (secondary N) is 1. The molecule has 1 nitrogen and oxygen atoms in total. The first-order valence-corrected chi connectivity index (χ1v) is 6.27. The van der Waals surface area contributed by atoms with Gasteiger partial charge in [-0.25, -0.2) is 0 Å². The summed E-state index contributed by atoms with van der Waals surface area (Å²) in [5.74, 6) is 0. The second-order valence-electron chi connectivity index (χ2n) is 3.67. The van der Waals surface area contributed by atoms with Gasteiger partial charge in [-0.3, -0.25) is 0 Å². The molecule has 1 N–H and O–H groups in total. The molecule has 1 aromatic carbocycles. The normalized spacial score (nSPS) is 12.5. The van der Waals surface area contributed by atoms with E-state index in [4.69, 9.17) is 11.6 Å². The molecule has 0 amide bonds. The van der Waals surface area contributed by atoms with E-state index in [1.165, 1.54) is 14.7 Å². The molecule has 1 atom stereocenters. The Kier molecular flexibility index (Phi) is 5.09. The van der Waals surface area contributed by atoms with Crippen LogP contribution in [-0.2, 0) is 0 Å². The molecule has 0 aliphatic carbocycles. The van der Waals surface area contributed by atoms with Crippen molar-refractivity contribution in [2.24, 2.45) is 0 Å². The highest BCUT2D eigenvalue weighted by Gasteiger charge is 2.12. The lowest BCUT2D eigenvalue weighted by atomic mass is 10.0. The third kappa shape index (κ3) is 3.78. The van der Waals surface area contributed by atoms with Crippen molar-refractivity contribution in [2.75, 3.05) is 7.05 Å². The van der Waals surface area contributed by atoms with Gasteiger partial charge in [-0.2, -0.15) is 0 Å². The van der Waals surface area contributed by atoms with Gasteiger partial charge < -0.3 is 5.32 Å². The zero-order chi connectivity index (χ0) is 11.4. The summed E-state index contributed by atoms with van der Waals surface area (Å²) in [6.45, 7) is 5.99. The Morgan fingerprint density at radius 2 is 2.27 bits per heavy atom. The summed E-state index contributed by atoms with van der Waals surface area (Å²) in [6.07, 6.45) is 0.937. The van der Waals surface area contributed by atoms with Crippen LogP contribution in [0.2, 0.25) is 5.02 Å². The van der Waals surface area contributed by atoms with Crippen molar-refractivity contribution in [1.29, 1.82) is 0 Å². The zero-order valence-corrected chi connectivity index (χ0v) is 11.9. The Bertz CT molecular complexity index is 363. The Morgan fingerprint density at radius 3 is 2.80 bits per heavy atom. The highest BCUT2D eigenvalue weighted by molar-refractivity contribution is 14.1. The number of benzene rings is 1. The molecular weight excluding hydrogens is 320 g/mol. The Hall–Kier alpha value is -0.0600. The SMILES string of the molecule is C=C(C)CC(NC)c1cc(Cl)ccc1I. The number of hydrogen-bond donors (Lipinski definition) is 1. The number of hydrogen-bond acceptors (Lipinski definition) is 1. The van der Waals surface area contributed by atoms with Gasteiger partial charge in [0.05, 0.1) is 0 Å². The molecule has 1 aromatic rings. The van der Waals surface area contributed by atoms with Crippen LogP contribution in [0.1, 0.15) is 24.9 Å². The number of rotatable bonds is 4. The average Bonchev–Trinajstić information content (AvgIpc) is 2.18. The van der Waals surface area contributed by atoms with Gasteiger partial charge in [-0.15, -0.1) is 6.58 Å². The van der Waals surface area contributed by atoms with E-state index in [2.05, 4.69) is 34.5 Å². The topological polar surface area (TPSA) is 12.0 Å². The molecule has 0 bridgehead atoms. The minimum atomic E-state index is 0.299. The minimum Gasteiger partial charge on any atom is -0.313 e. The van der Waals surface area contributed by atoms with Crippen LogP contribution < -0.4 is 5.32 Å². The van der Waals surface area contributed by atoms with E-state index in [-0.39, 0.29) is 0 Å². The van der Waals surface area contributed by atoms with Gasteiger partial charge in [0, 0.05) is 14.6 Å². The number of halogens is 2.